The molecule has 0 aromatic carbocycles. The van der Waals surface area contributed by atoms with Gasteiger partial charge in [-0.25, -0.2) is 0 Å². The van der Waals surface area contributed by atoms with Crippen molar-refractivity contribution in [2.24, 2.45) is 0 Å². The number of thiophene rings is 1. The molecule has 0 aliphatic heterocycles. The lowest BCUT2D eigenvalue weighted by atomic mass is 10.2. The monoisotopic (exact) mass is 171 g/mol. The molecular formula is C7H11BFNS. The summed E-state index contributed by atoms with van der Waals surface area (Å²) in [6, 6.07) is 1.84. The van der Waals surface area contributed by atoms with E-state index in [4.69, 9.17) is 0 Å². The molecule has 0 bridgehead atoms. The molecule has 0 fully saturated rings. The molecule has 11 heavy (non-hydrogen) atoms. The zero-order chi connectivity index (χ0) is 8.27. The number of rotatable bonds is 3. The predicted octanol–water partition coefficient (Wildman–Crippen LogP) is 1.26. The van der Waals surface area contributed by atoms with E-state index in [0.29, 0.717) is 6.54 Å². The fourth-order valence-corrected chi connectivity index (χ4v) is 1.47. The Balaban J connectivity index is 2.56. The summed E-state index contributed by atoms with van der Waals surface area (Å²) in [7, 11) is 1.98. The minimum absolute atomic E-state index is 0.0506. The fraction of sp³-hybridized carbons (Fsp3) is 0.429. The molecule has 1 rings (SSSR count). The van der Waals surface area contributed by atoms with Crippen molar-refractivity contribution in [3.8, 4) is 0 Å². The van der Waals surface area contributed by atoms with Gasteiger partial charge in [0.2, 0.25) is 0 Å². The predicted molar refractivity (Wildman–Crippen MR) is 48.9 cm³/mol. The second-order valence-corrected chi connectivity index (χ2v) is 3.42. The maximum atomic E-state index is 12.8. The van der Waals surface area contributed by atoms with Crippen molar-refractivity contribution >= 4 is 19.3 Å². The highest BCUT2D eigenvalue weighted by atomic mass is 32.1. The third-order valence-corrected chi connectivity index (χ3v) is 2.41. The first-order valence-electron chi connectivity index (χ1n) is 3.64. The van der Waals surface area contributed by atoms with Crippen LogP contribution in [0.5, 0.6) is 0 Å². The molecule has 0 aliphatic rings. The van der Waals surface area contributed by atoms with Crippen molar-refractivity contribution < 1.29 is 4.39 Å². The van der Waals surface area contributed by atoms with Gasteiger partial charge in [-0.05, 0) is 18.0 Å². The van der Waals surface area contributed by atoms with Crippen molar-refractivity contribution in [3.05, 3.63) is 22.1 Å². The smallest absolute Gasteiger partial charge is 0.185 e. The van der Waals surface area contributed by atoms with E-state index in [1.165, 1.54) is 0 Å². The number of hydrogen-bond donors (Lipinski definition) is 0. The van der Waals surface area contributed by atoms with E-state index < -0.39 is 0 Å². The molecule has 1 aromatic rings. The largest absolute Gasteiger partial charge is 0.345 e. The van der Waals surface area contributed by atoms with Gasteiger partial charge in [0.15, 0.2) is 13.1 Å². The fourth-order valence-electron chi connectivity index (χ4n) is 0.835. The average molecular weight is 171 g/mol. The van der Waals surface area contributed by atoms with Gasteiger partial charge in [0.05, 0.1) is 0 Å². The highest BCUT2D eigenvalue weighted by Gasteiger charge is 2.04. The topological polar surface area (TPSA) is 3.24 Å². The third-order valence-electron chi connectivity index (χ3n) is 1.67. The lowest BCUT2D eigenvalue weighted by Gasteiger charge is -2.12. The normalized spacial score (nSPS) is 10.8. The van der Waals surface area contributed by atoms with Crippen molar-refractivity contribution in [3.63, 3.8) is 0 Å². The summed E-state index contributed by atoms with van der Waals surface area (Å²) in [6.45, 7) is 3.73. The quantitative estimate of drug-likeness (QED) is 0.618. The van der Waals surface area contributed by atoms with E-state index in [2.05, 4.69) is 11.7 Å². The zero-order valence-corrected chi connectivity index (χ0v) is 7.62. The van der Waals surface area contributed by atoms with Crippen LogP contribution in [0.1, 0.15) is 12.5 Å². The average Bonchev–Trinajstić information content (AvgIpc) is 2.37. The van der Waals surface area contributed by atoms with Crippen LogP contribution in [-0.2, 0) is 6.54 Å². The molecule has 0 atom stereocenters. The van der Waals surface area contributed by atoms with Crippen LogP contribution in [0, 0.1) is 5.13 Å². The van der Waals surface area contributed by atoms with Crippen molar-refractivity contribution in [2.45, 2.75) is 13.5 Å². The Kier molecular flexibility index (Phi) is 3.08. The van der Waals surface area contributed by atoms with Gasteiger partial charge in [-0.1, -0.05) is 6.92 Å². The lowest BCUT2D eigenvalue weighted by Crippen LogP contribution is -2.18. The Morgan fingerprint density at radius 3 is 2.91 bits per heavy atom. The van der Waals surface area contributed by atoms with Crippen LogP contribution in [0.2, 0.25) is 0 Å². The number of nitrogens with zero attached hydrogens (tertiary/aromatic N) is 1. The molecule has 0 radical (unpaired) electrons. The number of halogens is 1. The molecule has 1 nitrogen and oxygen atoms in total. The summed E-state index contributed by atoms with van der Waals surface area (Å²) in [5.74, 6) is 0. The maximum Gasteiger partial charge on any atom is 0.185 e. The number of hydrogen-bond acceptors (Lipinski definition) is 2. The first-order valence-corrected chi connectivity index (χ1v) is 4.52. The minimum Gasteiger partial charge on any atom is -0.345 e. The van der Waals surface area contributed by atoms with Crippen molar-refractivity contribution in [2.75, 3.05) is 6.54 Å². The molecular weight excluding hydrogens is 160 g/mol. The van der Waals surface area contributed by atoms with Gasteiger partial charge in [0.25, 0.3) is 0 Å². The second kappa shape index (κ2) is 3.88. The molecule has 0 N–H and O–H groups in total. The Bertz CT molecular complexity index is 226. The van der Waals surface area contributed by atoms with Crippen LogP contribution in [-0.4, -0.2) is 19.3 Å². The van der Waals surface area contributed by atoms with E-state index in [0.717, 1.165) is 23.4 Å². The summed E-state index contributed by atoms with van der Waals surface area (Å²) in [5, 5.41) is 1.74. The van der Waals surface area contributed by atoms with Crippen LogP contribution in [0.3, 0.4) is 0 Å². The van der Waals surface area contributed by atoms with Gasteiger partial charge < -0.3 is 4.81 Å². The molecule has 0 spiro atoms. The highest BCUT2D eigenvalue weighted by Crippen LogP contribution is 2.15. The van der Waals surface area contributed by atoms with Gasteiger partial charge in [0, 0.05) is 12.1 Å². The van der Waals surface area contributed by atoms with Gasteiger partial charge in [-0.15, -0.1) is 11.3 Å². The minimum atomic E-state index is -0.0506. The van der Waals surface area contributed by atoms with Crippen LogP contribution in [0.15, 0.2) is 11.4 Å². The zero-order valence-electron chi connectivity index (χ0n) is 6.80. The Hall–Kier alpha value is -0.345. The van der Waals surface area contributed by atoms with E-state index in [-0.39, 0.29) is 5.13 Å². The lowest BCUT2D eigenvalue weighted by molar-refractivity contribution is 0.462. The van der Waals surface area contributed by atoms with Crippen LogP contribution in [0.4, 0.5) is 4.39 Å². The molecule has 1 aromatic heterocycles. The Morgan fingerprint density at radius 2 is 2.45 bits per heavy atom. The molecule has 0 aliphatic carbocycles. The van der Waals surface area contributed by atoms with Crippen molar-refractivity contribution in [1.29, 1.82) is 0 Å². The molecule has 0 saturated carbocycles. The third kappa shape index (κ3) is 2.31. The summed E-state index contributed by atoms with van der Waals surface area (Å²) in [5.41, 5.74) is 0.805. The molecule has 4 heteroatoms. The molecule has 0 saturated heterocycles. The Labute approximate surface area is 71.3 Å². The van der Waals surface area contributed by atoms with Crippen LogP contribution in [0.25, 0.3) is 0 Å². The van der Waals surface area contributed by atoms with Crippen LogP contribution >= 0.6 is 11.3 Å². The standard InChI is InChI=1S/C7H11BFNS/c1-2-10(8)5-6-3-4-11-7(6)9/h3-4H,2,5,8H2,1H3. The van der Waals surface area contributed by atoms with Gasteiger partial charge >= 0.3 is 0 Å². The Morgan fingerprint density at radius 1 is 1.73 bits per heavy atom. The molecule has 60 valence electrons. The molecule has 1 heterocycles. The van der Waals surface area contributed by atoms with E-state index >= 15 is 0 Å². The summed E-state index contributed by atoms with van der Waals surface area (Å²) in [4.78, 5) is 2.07. The van der Waals surface area contributed by atoms with Gasteiger partial charge in [-0.2, -0.15) is 4.39 Å². The van der Waals surface area contributed by atoms with E-state index in [1.54, 1.807) is 5.38 Å². The van der Waals surface area contributed by atoms with Gasteiger partial charge in [-0.3, -0.25) is 0 Å². The SMILES string of the molecule is BN(CC)Cc1ccsc1F. The van der Waals surface area contributed by atoms with E-state index in [9.17, 15) is 4.39 Å². The maximum absolute atomic E-state index is 12.8. The molecule has 0 amide bonds. The van der Waals surface area contributed by atoms with Crippen LogP contribution < -0.4 is 0 Å². The highest BCUT2D eigenvalue weighted by molar-refractivity contribution is 7.08. The van der Waals surface area contributed by atoms with Gasteiger partial charge in [0.1, 0.15) is 0 Å². The summed E-state index contributed by atoms with van der Waals surface area (Å²) in [6.07, 6.45) is 0. The van der Waals surface area contributed by atoms with E-state index in [1.807, 2.05) is 14.0 Å². The van der Waals surface area contributed by atoms with Crippen molar-refractivity contribution in [1.82, 2.24) is 4.81 Å². The first-order chi connectivity index (χ1) is 5.24. The second-order valence-electron chi connectivity index (χ2n) is 2.55. The summed E-state index contributed by atoms with van der Waals surface area (Å²) < 4.78 is 12.8. The molecule has 0 unspecified atom stereocenters. The first kappa shape index (κ1) is 8.75. The summed E-state index contributed by atoms with van der Waals surface area (Å²) >= 11 is 1.16.